The van der Waals surface area contributed by atoms with Gasteiger partial charge in [-0.05, 0) is 19.8 Å². The Morgan fingerprint density at radius 3 is 2.52 bits per heavy atom. The van der Waals surface area contributed by atoms with Crippen LogP contribution in [-0.4, -0.2) is 29.9 Å². The third kappa shape index (κ3) is 3.69. The first-order valence-electron chi connectivity index (χ1n) is 6.83. The molecule has 0 amide bonds. The van der Waals surface area contributed by atoms with Crippen LogP contribution in [0.5, 0.6) is 0 Å². The summed E-state index contributed by atoms with van der Waals surface area (Å²) in [6.07, 6.45) is 2.48. The number of hydrogen-bond donors (Lipinski definition) is 1. The molecule has 0 spiro atoms. The van der Waals surface area contributed by atoms with Gasteiger partial charge in [0, 0.05) is 12.3 Å². The first-order valence-corrected chi connectivity index (χ1v) is 6.83. The van der Waals surface area contributed by atoms with E-state index in [1.54, 1.807) is 0 Å². The van der Waals surface area contributed by atoms with Crippen LogP contribution in [0.2, 0.25) is 0 Å². The Kier molecular flexibility index (Phi) is 5.02. The highest BCUT2D eigenvalue weighted by Gasteiger charge is 2.27. The number of aliphatic hydroxyl groups excluding tert-OH is 1. The summed E-state index contributed by atoms with van der Waals surface area (Å²) in [6.45, 7) is 1.43. The van der Waals surface area contributed by atoms with Crippen molar-refractivity contribution in [3.05, 3.63) is 40.5 Å². The molecule has 1 aliphatic carbocycles. The summed E-state index contributed by atoms with van der Waals surface area (Å²) >= 11 is 0. The fourth-order valence-corrected chi connectivity index (χ4v) is 1.74. The van der Waals surface area contributed by atoms with Crippen LogP contribution in [0.4, 0.5) is 17.6 Å². The molecule has 1 saturated carbocycles. The molecule has 0 radical (unpaired) electrons. The van der Waals surface area contributed by atoms with Crippen molar-refractivity contribution in [3.8, 4) is 0 Å². The summed E-state index contributed by atoms with van der Waals surface area (Å²) in [5.41, 5.74) is -1.89. The van der Waals surface area contributed by atoms with Crippen LogP contribution in [0.15, 0.2) is 16.6 Å². The highest BCUT2D eigenvalue weighted by molar-refractivity contribution is 6.15. The second-order valence-electron chi connectivity index (χ2n) is 4.84. The van der Waals surface area contributed by atoms with Crippen molar-refractivity contribution in [2.75, 3.05) is 6.61 Å². The van der Waals surface area contributed by atoms with Gasteiger partial charge in [0.25, 0.3) is 0 Å². The van der Waals surface area contributed by atoms with E-state index in [-0.39, 0.29) is 18.7 Å². The van der Waals surface area contributed by atoms with Crippen LogP contribution in [0, 0.1) is 23.3 Å². The van der Waals surface area contributed by atoms with Gasteiger partial charge >= 0.3 is 5.97 Å². The third-order valence-electron chi connectivity index (χ3n) is 3.06. The summed E-state index contributed by atoms with van der Waals surface area (Å²) < 4.78 is 58.4. The Morgan fingerprint density at radius 2 is 1.96 bits per heavy atom. The number of carbonyl (C=O) groups excluding carboxylic acids is 1. The molecule has 1 N–H and O–H groups in total. The number of hydrogen-bond acceptors (Lipinski definition) is 4. The second-order valence-corrected chi connectivity index (χ2v) is 4.84. The quantitative estimate of drug-likeness (QED) is 0.171. The van der Waals surface area contributed by atoms with E-state index in [0.717, 1.165) is 19.1 Å². The van der Waals surface area contributed by atoms with Crippen molar-refractivity contribution >= 4 is 17.9 Å². The zero-order valence-corrected chi connectivity index (χ0v) is 12.1. The summed E-state index contributed by atoms with van der Waals surface area (Å²) in [6, 6.07) is 0.0250. The minimum Gasteiger partial charge on any atom is -0.506 e. The number of halogens is 4. The van der Waals surface area contributed by atoms with Crippen LogP contribution >= 0.6 is 0 Å². The number of carbonyl (C=O) groups is 1. The average molecular weight is 331 g/mol. The van der Waals surface area contributed by atoms with Crippen molar-refractivity contribution < 1.29 is 32.2 Å². The van der Waals surface area contributed by atoms with Gasteiger partial charge in [-0.15, -0.1) is 0 Å². The monoisotopic (exact) mass is 331 g/mol. The molecule has 1 aromatic carbocycles. The summed E-state index contributed by atoms with van der Waals surface area (Å²) in [4.78, 5) is 15.8. The predicted octanol–water partition coefficient (Wildman–Crippen LogP) is 3.31. The molecule has 8 heteroatoms. The van der Waals surface area contributed by atoms with E-state index in [4.69, 9.17) is 0 Å². The number of rotatable bonds is 5. The molecular weight excluding hydrogens is 318 g/mol. The molecule has 0 heterocycles. The fraction of sp³-hybridized carbons (Fsp3) is 0.333. The molecule has 1 aliphatic rings. The van der Waals surface area contributed by atoms with Crippen molar-refractivity contribution in [3.63, 3.8) is 0 Å². The number of benzene rings is 1. The van der Waals surface area contributed by atoms with Gasteiger partial charge in [0.05, 0.1) is 18.2 Å². The molecular formula is C15H13F4NO3. The van der Waals surface area contributed by atoms with Crippen LogP contribution in [0.25, 0.3) is 5.76 Å². The predicted molar refractivity (Wildman–Crippen MR) is 74.0 cm³/mol. The first kappa shape index (κ1) is 17.0. The maximum Gasteiger partial charge on any atom is 0.343 e. The van der Waals surface area contributed by atoms with Gasteiger partial charge in [0.15, 0.2) is 17.5 Å². The van der Waals surface area contributed by atoms with Gasteiger partial charge in [-0.1, -0.05) is 0 Å². The Bertz CT molecular complexity index is 696. The molecule has 1 aromatic rings. The normalized spacial score (nSPS) is 15.7. The van der Waals surface area contributed by atoms with Crippen molar-refractivity contribution in [2.45, 2.75) is 25.8 Å². The Balaban J connectivity index is 2.57. The lowest BCUT2D eigenvalue weighted by molar-refractivity contribution is -0.137. The van der Waals surface area contributed by atoms with E-state index < -0.39 is 46.1 Å². The lowest BCUT2D eigenvalue weighted by Crippen LogP contribution is -2.13. The highest BCUT2D eigenvalue weighted by Crippen LogP contribution is 2.27. The summed E-state index contributed by atoms with van der Waals surface area (Å²) in [5, 5.41) is 10.0. The van der Waals surface area contributed by atoms with Gasteiger partial charge in [0.2, 0.25) is 0 Å². The Labute approximate surface area is 129 Å². The molecule has 2 rings (SSSR count). The first-order chi connectivity index (χ1) is 10.9. The van der Waals surface area contributed by atoms with Crippen molar-refractivity contribution in [1.82, 2.24) is 0 Å². The van der Waals surface area contributed by atoms with E-state index in [1.165, 1.54) is 6.92 Å². The van der Waals surface area contributed by atoms with Gasteiger partial charge < -0.3 is 9.84 Å². The number of esters is 1. The fourth-order valence-electron chi connectivity index (χ4n) is 1.74. The minimum absolute atomic E-state index is 0.0492. The van der Waals surface area contributed by atoms with Crippen LogP contribution < -0.4 is 0 Å². The molecule has 23 heavy (non-hydrogen) atoms. The van der Waals surface area contributed by atoms with Crippen molar-refractivity contribution in [1.29, 1.82) is 0 Å². The maximum absolute atomic E-state index is 13.7. The maximum atomic E-state index is 13.7. The average Bonchev–Trinajstić information content (AvgIpc) is 3.29. The van der Waals surface area contributed by atoms with Gasteiger partial charge in [-0.2, -0.15) is 0 Å². The molecule has 0 aliphatic heterocycles. The Morgan fingerprint density at radius 1 is 1.30 bits per heavy atom. The number of aliphatic hydroxyl groups is 1. The molecule has 0 aromatic heterocycles. The SMILES string of the molecule is CCOC(=O)C(C=NC1CC1)=C(O)c1c(F)cc(F)c(F)c1F. The number of aliphatic imine (C=N–C) groups is 1. The molecule has 0 saturated heterocycles. The lowest BCUT2D eigenvalue weighted by atomic mass is 10.1. The summed E-state index contributed by atoms with van der Waals surface area (Å²) in [5.74, 6) is -9.50. The zero-order chi connectivity index (χ0) is 17.1. The van der Waals surface area contributed by atoms with E-state index in [0.29, 0.717) is 0 Å². The van der Waals surface area contributed by atoms with Crippen LogP contribution in [-0.2, 0) is 9.53 Å². The van der Waals surface area contributed by atoms with Crippen molar-refractivity contribution in [2.24, 2.45) is 4.99 Å². The second kappa shape index (κ2) is 6.80. The van der Waals surface area contributed by atoms with Crippen LogP contribution in [0.1, 0.15) is 25.3 Å². The van der Waals surface area contributed by atoms with E-state index in [1.807, 2.05) is 0 Å². The topological polar surface area (TPSA) is 58.9 Å². The smallest absolute Gasteiger partial charge is 0.343 e. The number of ether oxygens (including phenoxy) is 1. The molecule has 1 fully saturated rings. The van der Waals surface area contributed by atoms with Gasteiger partial charge in [-0.25, -0.2) is 22.4 Å². The molecule has 4 nitrogen and oxygen atoms in total. The molecule has 124 valence electrons. The van der Waals surface area contributed by atoms with E-state index in [9.17, 15) is 27.5 Å². The largest absolute Gasteiger partial charge is 0.506 e. The lowest BCUT2D eigenvalue weighted by Gasteiger charge is -2.09. The number of nitrogens with zero attached hydrogens (tertiary/aromatic N) is 1. The van der Waals surface area contributed by atoms with Gasteiger partial charge in [0.1, 0.15) is 17.1 Å². The summed E-state index contributed by atoms with van der Waals surface area (Å²) in [7, 11) is 0. The standard InChI is InChI=1S/C15H13F4NO3/c1-2-23-15(22)8(6-20-7-3-4-7)14(21)11-9(16)5-10(17)12(18)13(11)19/h5-7,21H,2-4H2,1H3. The van der Waals surface area contributed by atoms with Crippen LogP contribution in [0.3, 0.4) is 0 Å². The highest BCUT2D eigenvalue weighted by atomic mass is 19.2. The van der Waals surface area contributed by atoms with E-state index >= 15 is 0 Å². The third-order valence-corrected chi connectivity index (χ3v) is 3.06. The van der Waals surface area contributed by atoms with E-state index in [2.05, 4.69) is 9.73 Å². The molecule has 0 atom stereocenters. The van der Waals surface area contributed by atoms with Gasteiger partial charge in [-0.3, -0.25) is 4.99 Å². The molecule has 0 unspecified atom stereocenters. The molecule has 0 bridgehead atoms. The zero-order valence-electron chi connectivity index (χ0n) is 12.1. The minimum atomic E-state index is -1.96. The Hall–Kier alpha value is -2.38.